The molecule has 1 aromatic carbocycles. The largest absolute Gasteiger partial charge is 0.479 e. The number of ether oxygens (including phenoxy) is 1. The van der Waals surface area contributed by atoms with Crippen molar-refractivity contribution < 1.29 is 13.9 Å². The van der Waals surface area contributed by atoms with Crippen molar-refractivity contribution in [1.82, 2.24) is 20.6 Å². The molecule has 1 saturated carbocycles. The van der Waals surface area contributed by atoms with Gasteiger partial charge in [0.1, 0.15) is 11.3 Å². The number of rotatable bonds is 5. The van der Waals surface area contributed by atoms with Crippen LogP contribution in [0.3, 0.4) is 0 Å². The van der Waals surface area contributed by atoms with E-state index in [2.05, 4.69) is 25.5 Å². The SMILES string of the molecule is COc1nc(C)cc2c(N3CCNC4(CC3)CC4)c(C(=O)N[C@@H](C)c3cc(F)cc(C#N)c3)cnc12. The van der Waals surface area contributed by atoms with E-state index in [-0.39, 0.29) is 17.0 Å². The summed E-state index contributed by atoms with van der Waals surface area (Å²) in [5.41, 5.74) is 3.55. The summed E-state index contributed by atoms with van der Waals surface area (Å²) in [5.74, 6) is -0.414. The average molecular weight is 489 g/mol. The number of aryl methyl sites for hydroxylation is 1. The van der Waals surface area contributed by atoms with Gasteiger partial charge in [0.15, 0.2) is 0 Å². The van der Waals surface area contributed by atoms with Gasteiger partial charge >= 0.3 is 0 Å². The first-order chi connectivity index (χ1) is 17.3. The first-order valence-electron chi connectivity index (χ1n) is 12.2. The van der Waals surface area contributed by atoms with Crippen molar-refractivity contribution in [2.45, 2.75) is 44.7 Å². The Morgan fingerprint density at radius 3 is 2.81 bits per heavy atom. The molecule has 3 aromatic rings. The Bertz CT molecular complexity index is 1380. The van der Waals surface area contributed by atoms with Crippen LogP contribution in [0.1, 0.15) is 59.4 Å². The molecule has 2 fully saturated rings. The van der Waals surface area contributed by atoms with E-state index < -0.39 is 11.9 Å². The number of nitriles is 1. The van der Waals surface area contributed by atoms with E-state index in [9.17, 15) is 14.4 Å². The smallest absolute Gasteiger partial charge is 0.255 e. The number of amides is 1. The van der Waals surface area contributed by atoms with Gasteiger partial charge in [0, 0.05) is 42.5 Å². The Hall–Kier alpha value is -3.77. The molecular weight excluding hydrogens is 459 g/mol. The van der Waals surface area contributed by atoms with Crippen LogP contribution >= 0.6 is 0 Å². The average Bonchev–Trinajstić information content (AvgIpc) is 3.67. The molecule has 0 bridgehead atoms. The fourth-order valence-electron chi connectivity index (χ4n) is 5.02. The number of aromatic nitrogens is 2. The molecule has 3 heterocycles. The number of hydrogen-bond acceptors (Lipinski definition) is 7. The van der Waals surface area contributed by atoms with Crippen LogP contribution in [0.25, 0.3) is 10.9 Å². The molecule has 5 rings (SSSR count). The van der Waals surface area contributed by atoms with Crippen molar-refractivity contribution in [3.05, 3.63) is 58.7 Å². The second kappa shape index (κ2) is 9.36. The van der Waals surface area contributed by atoms with Crippen LogP contribution < -0.4 is 20.3 Å². The van der Waals surface area contributed by atoms with Gasteiger partial charge < -0.3 is 20.3 Å². The van der Waals surface area contributed by atoms with E-state index in [1.54, 1.807) is 26.3 Å². The molecule has 1 spiro atoms. The lowest BCUT2D eigenvalue weighted by Gasteiger charge is -2.27. The van der Waals surface area contributed by atoms with Crippen molar-refractivity contribution in [2.75, 3.05) is 31.6 Å². The Balaban J connectivity index is 1.55. The number of halogens is 1. The molecule has 1 amide bonds. The molecule has 2 N–H and O–H groups in total. The monoisotopic (exact) mass is 488 g/mol. The molecule has 0 unspecified atom stereocenters. The first kappa shape index (κ1) is 23.9. The van der Waals surface area contributed by atoms with Crippen LogP contribution in [0.15, 0.2) is 30.5 Å². The van der Waals surface area contributed by atoms with Crippen LogP contribution in [0.4, 0.5) is 10.1 Å². The number of carbonyl (C=O) groups excluding carboxylic acids is 1. The first-order valence-corrected chi connectivity index (χ1v) is 12.2. The van der Waals surface area contributed by atoms with Crippen molar-refractivity contribution in [2.24, 2.45) is 0 Å². The molecule has 9 heteroatoms. The zero-order valence-corrected chi connectivity index (χ0v) is 20.7. The lowest BCUT2D eigenvalue weighted by atomic mass is 10.0. The number of benzene rings is 1. The number of carbonyl (C=O) groups is 1. The number of nitrogens with zero attached hydrogens (tertiary/aromatic N) is 4. The summed E-state index contributed by atoms with van der Waals surface area (Å²) >= 11 is 0. The van der Waals surface area contributed by atoms with Crippen LogP contribution in [0.2, 0.25) is 0 Å². The van der Waals surface area contributed by atoms with Crippen molar-refractivity contribution in [3.8, 4) is 11.9 Å². The molecule has 1 saturated heterocycles. The minimum Gasteiger partial charge on any atom is -0.479 e. The molecule has 8 nitrogen and oxygen atoms in total. The Morgan fingerprint density at radius 2 is 2.08 bits per heavy atom. The summed E-state index contributed by atoms with van der Waals surface area (Å²) in [6, 6.07) is 7.48. The maximum atomic E-state index is 14.0. The van der Waals surface area contributed by atoms with Gasteiger partial charge in [-0.25, -0.2) is 14.4 Å². The highest BCUT2D eigenvalue weighted by atomic mass is 19.1. The highest BCUT2D eigenvalue weighted by molar-refractivity contribution is 6.08. The Morgan fingerprint density at radius 1 is 1.28 bits per heavy atom. The van der Waals surface area contributed by atoms with Crippen LogP contribution in [-0.2, 0) is 0 Å². The lowest BCUT2D eigenvalue weighted by molar-refractivity contribution is 0.0940. The minimum atomic E-state index is -0.516. The van der Waals surface area contributed by atoms with Crippen LogP contribution in [0.5, 0.6) is 5.88 Å². The Labute approximate surface area is 209 Å². The van der Waals surface area contributed by atoms with Gasteiger partial charge in [-0.3, -0.25) is 4.79 Å². The maximum Gasteiger partial charge on any atom is 0.255 e. The second-order valence-electron chi connectivity index (χ2n) is 9.71. The number of methoxy groups -OCH3 is 1. The van der Waals surface area contributed by atoms with Gasteiger partial charge in [-0.1, -0.05) is 0 Å². The molecule has 1 aliphatic heterocycles. The summed E-state index contributed by atoms with van der Waals surface area (Å²) in [4.78, 5) is 24.9. The molecule has 0 radical (unpaired) electrons. The van der Waals surface area contributed by atoms with E-state index in [4.69, 9.17) is 4.74 Å². The molecule has 1 aliphatic carbocycles. The van der Waals surface area contributed by atoms with Gasteiger partial charge in [0.25, 0.3) is 5.91 Å². The van der Waals surface area contributed by atoms with Gasteiger partial charge in [0.2, 0.25) is 5.88 Å². The van der Waals surface area contributed by atoms with Crippen LogP contribution in [0, 0.1) is 24.1 Å². The molecule has 2 aromatic heterocycles. The van der Waals surface area contributed by atoms with Gasteiger partial charge in [-0.2, -0.15) is 5.26 Å². The summed E-state index contributed by atoms with van der Waals surface area (Å²) in [5, 5.41) is 16.7. The van der Waals surface area contributed by atoms with Gasteiger partial charge in [-0.05, 0) is 62.9 Å². The number of nitrogens with one attached hydrogen (secondary N) is 2. The van der Waals surface area contributed by atoms with Crippen molar-refractivity contribution >= 4 is 22.5 Å². The quantitative estimate of drug-likeness (QED) is 0.563. The third kappa shape index (κ3) is 4.56. The third-order valence-electron chi connectivity index (χ3n) is 7.17. The summed E-state index contributed by atoms with van der Waals surface area (Å²) in [6.45, 7) is 6.03. The standard InChI is InChI=1S/C27H29FN6O2/c1-16-10-21-23(26(32-16)36-3)30-15-22(24(21)34-8-6-27(4-5-27)31-7-9-34)25(35)33-17(2)19-11-18(14-29)12-20(28)13-19/h10-13,15,17,31H,4-9H2,1-3H3,(H,33,35)/t17-/m0/s1. The fourth-order valence-corrected chi connectivity index (χ4v) is 5.02. The zero-order valence-electron chi connectivity index (χ0n) is 20.7. The van der Waals surface area contributed by atoms with Crippen molar-refractivity contribution in [1.29, 1.82) is 5.26 Å². The summed E-state index contributed by atoms with van der Waals surface area (Å²) < 4.78 is 19.5. The van der Waals surface area contributed by atoms with Gasteiger partial charge in [-0.15, -0.1) is 0 Å². The number of anilines is 1. The third-order valence-corrected chi connectivity index (χ3v) is 7.17. The molecule has 36 heavy (non-hydrogen) atoms. The summed E-state index contributed by atoms with van der Waals surface area (Å²) in [7, 11) is 1.56. The number of hydrogen-bond donors (Lipinski definition) is 2. The molecular formula is C27H29FN6O2. The molecule has 2 aliphatic rings. The normalized spacial score (nSPS) is 17.4. The maximum absolute atomic E-state index is 14.0. The van der Waals surface area contributed by atoms with E-state index in [0.29, 0.717) is 22.5 Å². The second-order valence-corrected chi connectivity index (χ2v) is 9.71. The van der Waals surface area contributed by atoms with E-state index >= 15 is 0 Å². The van der Waals surface area contributed by atoms with Gasteiger partial charge in [0.05, 0.1) is 36.0 Å². The van der Waals surface area contributed by atoms with Crippen molar-refractivity contribution in [3.63, 3.8) is 0 Å². The number of pyridine rings is 2. The lowest BCUT2D eigenvalue weighted by Crippen LogP contribution is -2.33. The predicted octanol–water partition coefficient (Wildman–Crippen LogP) is 3.78. The fraction of sp³-hybridized carbons (Fsp3) is 0.407. The molecule has 1 atom stereocenters. The minimum absolute atomic E-state index is 0.209. The summed E-state index contributed by atoms with van der Waals surface area (Å²) in [6.07, 6.45) is 4.92. The number of fused-ring (bicyclic) bond motifs is 1. The topological polar surface area (TPSA) is 103 Å². The zero-order chi connectivity index (χ0) is 25.4. The van der Waals surface area contributed by atoms with E-state index in [1.165, 1.54) is 25.0 Å². The van der Waals surface area contributed by atoms with E-state index in [0.717, 1.165) is 42.8 Å². The van der Waals surface area contributed by atoms with Crippen LogP contribution in [-0.4, -0.2) is 48.2 Å². The predicted molar refractivity (Wildman–Crippen MR) is 135 cm³/mol. The highest BCUT2D eigenvalue weighted by Crippen LogP contribution is 2.41. The highest BCUT2D eigenvalue weighted by Gasteiger charge is 2.43. The Kier molecular flexibility index (Phi) is 6.22. The molecule has 186 valence electrons. The van der Waals surface area contributed by atoms with E-state index in [1.807, 2.05) is 19.1 Å².